The van der Waals surface area contributed by atoms with Crippen LogP contribution in [0, 0.1) is 0 Å². The molecule has 2 heterocycles. The molecule has 0 bridgehead atoms. The van der Waals surface area contributed by atoms with E-state index >= 15 is 0 Å². The summed E-state index contributed by atoms with van der Waals surface area (Å²) in [6.45, 7) is 3.10. The normalized spacial score (nSPS) is 32.4. The maximum Gasteiger partial charge on any atom is 0.124 e. The van der Waals surface area contributed by atoms with Crippen molar-refractivity contribution >= 4 is 11.8 Å². The molecule has 1 saturated heterocycles. The lowest BCUT2D eigenvalue weighted by Gasteiger charge is -2.40. The lowest BCUT2D eigenvalue weighted by atomic mass is 9.98. The Balaban J connectivity index is 1.90. The van der Waals surface area contributed by atoms with Gasteiger partial charge in [-0.05, 0) is 12.5 Å². The van der Waals surface area contributed by atoms with Crippen LogP contribution in [0.5, 0.6) is 5.75 Å². The summed E-state index contributed by atoms with van der Waals surface area (Å²) < 4.78 is 5.80. The van der Waals surface area contributed by atoms with E-state index in [9.17, 15) is 0 Å². The average Bonchev–Trinajstić information content (AvgIpc) is 2.38. The average molecular weight is 235 g/mol. The highest BCUT2D eigenvalue weighted by Gasteiger charge is 2.35. The number of ether oxygens (including phenoxy) is 1. The fourth-order valence-corrected chi connectivity index (χ4v) is 3.85. The summed E-state index contributed by atoms with van der Waals surface area (Å²) in [4.78, 5) is 0. The molecule has 2 nitrogen and oxygen atoms in total. The van der Waals surface area contributed by atoms with Gasteiger partial charge in [0, 0.05) is 17.4 Å². The first-order valence-electron chi connectivity index (χ1n) is 5.98. The molecule has 1 aromatic carbocycles. The van der Waals surface area contributed by atoms with Crippen LogP contribution in [-0.4, -0.2) is 23.7 Å². The second kappa shape index (κ2) is 4.30. The quantitative estimate of drug-likeness (QED) is 0.808. The molecule has 1 fully saturated rings. The van der Waals surface area contributed by atoms with Gasteiger partial charge in [-0.3, -0.25) is 0 Å². The Hall–Kier alpha value is -0.670. The summed E-state index contributed by atoms with van der Waals surface area (Å²) in [5.41, 5.74) is 1.34. The summed E-state index contributed by atoms with van der Waals surface area (Å²) in [5, 5.41) is 4.34. The van der Waals surface area contributed by atoms with Crippen molar-refractivity contribution < 1.29 is 4.74 Å². The number of thioether (sulfide) groups is 1. The Kier molecular flexibility index (Phi) is 2.82. The topological polar surface area (TPSA) is 21.3 Å². The number of hydrogen-bond donors (Lipinski definition) is 1. The van der Waals surface area contributed by atoms with Crippen LogP contribution < -0.4 is 10.1 Å². The molecular weight excluding hydrogens is 218 g/mol. The van der Waals surface area contributed by atoms with Crippen LogP contribution in [0.4, 0.5) is 0 Å². The molecule has 0 amide bonds. The summed E-state index contributed by atoms with van der Waals surface area (Å²) in [5.74, 6) is 2.28. The van der Waals surface area contributed by atoms with Crippen molar-refractivity contribution in [2.45, 2.75) is 30.7 Å². The molecular formula is C13H17NOS. The van der Waals surface area contributed by atoms with E-state index < -0.39 is 0 Å². The monoisotopic (exact) mass is 235 g/mol. The van der Waals surface area contributed by atoms with Crippen LogP contribution in [0.3, 0.4) is 0 Å². The number of nitrogens with one attached hydrogen (secondary N) is 1. The van der Waals surface area contributed by atoms with Gasteiger partial charge in [0.15, 0.2) is 0 Å². The number of hydrogen-bond acceptors (Lipinski definition) is 3. The van der Waals surface area contributed by atoms with Gasteiger partial charge in [0.25, 0.3) is 0 Å². The lowest BCUT2D eigenvalue weighted by molar-refractivity contribution is 0.247. The van der Waals surface area contributed by atoms with Crippen LogP contribution in [-0.2, 0) is 0 Å². The summed E-state index contributed by atoms with van der Waals surface area (Å²) in [7, 11) is 0. The van der Waals surface area contributed by atoms with Gasteiger partial charge in [0.1, 0.15) is 12.4 Å². The molecule has 3 atom stereocenters. The number of benzene rings is 1. The molecule has 86 valence electrons. The fourth-order valence-electron chi connectivity index (χ4n) is 2.46. The van der Waals surface area contributed by atoms with Crippen molar-refractivity contribution in [2.75, 3.05) is 12.4 Å². The largest absolute Gasteiger partial charge is 0.492 e. The highest BCUT2D eigenvalue weighted by molar-refractivity contribution is 8.00. The van der Waals surface area contributed by atoms with Gasteiger partial charge in [-0.15, -0.1) is 0 Å². The molecule has 0 radical (unpaired) electrons. The molecule has 0 aromatic heterocycles. The smallest absolute Gasteiger partial charge is 0.124 e. The molecule has 2 aliphatic heterocycles. The highest BCUT2D eigenvalue weighted by Crippen LogP contribution is 2.40. The molecule has 1 N–H and O–H groups in total. The van der Waals surface area contributed by atoms with Crippen molar-refractivity contribution in [3.8, 4) is 5.75 Å². The van der Waals surface area contributed by atoms with E-state index in [1.807, 2.05) is 6.07 Å². The van der Waals surface area contributed by atoms with E-state index in [0.717, 1.165) is 12.4 Å². The van der Waals surface area contributed by atoms with Gasteiger partial charge in [-0.2, -0.15) is 11.8 Å². The van der Waals surface area contributed by atoms with Crippen LogP contribution in [0.1, 0.15) is 24.9 Å². The van der Waals surface area contributed by atoms with Crippen LogP contribution >= 0.6 is 11.8 Å². The second-order valence-electron chi connectivity index (χ2n) is 4.47. The summed E-state index contributed by atoms with van der Waals surface area (Å²) >= 11 is 2.06. The van der Waals surface area contributed by atoms with E-state index in [1.165, 1.54) is 17.7 Å². The zero-order valence-electron chi connectivity index (χ0n) is 9.48. The Morgan fingerprint density at radius 3 is 3.19 bits per heavy atom. The highest BCUT2D eigenvalue weighted by atomic mass is 32.2. The molecule has 3 rings (SSSR count). The molecule has 3 heteroatoms. The van der Waals surface area contributed by atoms with E-state index in [0.29, 0.717) is 17.3 Å². The van der Waals surface area contributed by atoms with Gasteiger partial charge >= 0.3 is 0 Å². The van der Waals surface area contributed by atoms with Gasteiger partial charge in [-0.1, -0.05) is 25.1 Å². The zero-order chi connectivity index (χ0) is 11.0. The third kappa shape index (κ3) is 1.72. The Morgan fingerprint density at radius 2 is 2.31 bits per heavy atom. The van der Waals surface area contributed by atoms with Crippen LogP contribution in [0.15, 0.2) is 24.3 Å². The minimum absolute atomic E-state index is 0.480. The minimum atomic E-state index is 0.480. The maximum atomic E-state index is 5.80. The molecule has 3 unspecified atom stereocenters. The van der Waals surface area contributed by atoms with Crippen molar-refractivity contribution in [3.63, 3.8) is 0 Å². The SMILES string of the molecule is CCC1CSC2COc3ccccc3C2N1. The van der Waals surface area contributed by atoms with E-state index in [1.54, 1.807) is 0 Å². The Morgan fingerprint density at radius 1 is 1.44 bits per heavy atom. The number of para-hydroxylation sites is 1. The second-order valence-corrected chi connectivity index (χ2v) is 5.74. The first-order chi connectivity index (χ1) is 7.88. The molecule has 16 heavy (non-hydrogen) atoms. The van der Waals surface area contributed by atoms with Gasteiger partial charge in [-0.25, -0.2) is 0 Å². The van der Waals surface area contributed by atoms with Crippen molar-refractivity contribution in [1.29, 1.82) is 0 Å². The standard InChI is InChI=1S/C13H17NOS/c1-2-9-8-16-12-7-15-11-6-4-3-5-10(11)13(12)14-9/h3-6,9,12-14H,2,7-8H2,1H3. The first-order valence-corrected chi connectivity index (χ1v) is 7.02. The zero-order valence-corrected chi connectivity index (χ0v) is 10.3. The lowest BCUT2D eigenvalue weighted by Crippen LogP contribution is -2.47. The Labute approximate surface area is 101 Å². The van der Waals surface area contributed by atoms with E-state index in [-0.39, 0.29) is 0 Å². The predicted molar refractivity (Wildman–Crippen MR) is 68.1 cm³/mol. The number of fused-ring (bicyclic) bond motifs is 3. The molecule has 1 aromatic rings. The van der Waals surface area contributed by atoms with Gasteiger partial charge in [0.2, 0.25) is 0 Å². The third-order valence-electron chi connectivity index (χ3n) is 3.45. The van der Waals surface area contributed by atoms with Crippen molar-refractivity contribution in [1.82, 2.24) is 5.32 Å². The van der Waals surface area contributed by atoms with Crippen molar-refractivity contribution in [3.05, 3.63) is 29.8 Å². The van der Waals surface area contributed by atoms with Gasteiger partial charge < -0.3 is 10.1 Å². The van der Waals surface area contributed by atoms with Crippen LogP contribution in [0.25, 0.3) is 0 Å². The van der Waals surface area contributed by atoms with E-state index in [4.69, 9.17) is 4.74 Å². The fraction of sp³-hybridized carbons (Fsp3) is 0.538. The molecule has 0 spiro atoms. The van der Waals surface area contributed by atoms with Crippen LogP contribution in [0.2, 0.25) is 0 Å². The van der Waals surface area contributed by atoms with Gasteiger partial charge in [0.05, 0.1) is 11.3 Å². The molecule has 0 aliphatic carbocycles. The van der Waals surface area contributed by atoms with E-state index in [2.05, 4.69) is 42.2 Å². The predicted octanol–water partition coefficient (Wildman–Crippen LogP) is 2.60. The maximum absolute atomic E-state index is 5.80. The number of rotatable bonds is 1. The minimum Gasteiger partial charge on any atom is -0.492 e. The molecule has 2 aliphatic rings. The summed E-state index contributed by atoms with van der Waals surface area (Å²) in [6.07, 6.45) is 1.21. The third-order valence-corrected chi connectivity index (χ3v) is 4.88. The first kappa shape index (κ1) is 10.5. The van der Waals surface area contributed by atoms with Crippen molar-refractivity contribution in [2.24, 2.45) is 0 Å². The Bertz CT molecular complexity index is 382. The molecule has 0 saturated carbocycles. The summed E-state index contributed by atoms with van der Waals surface area (Å²) in [6, 6.07) is 9.55.